The van der Waals surface area contributed by atoms with Gasteiger partial charge in [0.05, 0.1) is 0 Å². The first-order chi connectivity index (χ1) is 10.4. The third kappa shape index (κ3) is 2.95. The van der Waals surface area contributed by atoms with Gasteiger partial charge in [-0.15, -0.1) is 10.2 Å². The van der Waals surface area contributed by atoms with E-state index < -0.39 is 5.60 Å². The van der Waals surface area contributed by atoms with Gasteiger partial charge in [-0.3, -0.25) is 4.40 Å². The molecule has 0 radical (unpaired) electrons. The fourth-order valence-corrected chi connectivity index (χ4v) is 2.39. The van der Waals surface area contributed by atoms with Crippen LogP contribution >= 0.6 is 0 Å². The maximum atomic E-state index is 12.1. The van der Waals surface area contributed by atoms with Crippen molar-refractivity contribution in [2.75, 3.05) is 31.1 Å². The van der Waals surface area contributed by atoms with E-state index in [0.717, 1.165) is 11.6 Å². The highest BCUT2D eigenvalue weighted by atomic mass is 16.6. The summed E-state index contributed by atoms with van der Waals surface area (Å²) in [7, 11) is 0. The summed E-state index contributed by atoms with van der Waals surface area (Å²) in [5.74, 6) is 0.798. The first-order valence-corrected chi connectivity index (χ1v) is 7.32. The number of amides is 1. The Morgan fingerprint density at radius 3 is 2.64 bits per heavy atom. The van der Waals surface area contributed by atoms with Gasteiger partial charge in [-0.05, 0) is 20.8 Å². The quantitative estimate of drug-likeness (QED) is 0.787. The molecule has 0 saturated carbocycles. The van der Waals surface area contributed by atoms with Gasteiger partial charge in [-0.2, -0.15) is 0 Å². The lowest BCUT2D eigenvalue weighted by Crippen LogP contribution is -2.50. The molecule has 2 aromatic rings. The zero-order chi connectivity index (χ0) is 15.7. The van der Waals surface area contributed by atoms with Crippen LogP contribution in [0.4, 0.5) is 10.7 Å². The summed E-state index contributed by atoms with van der Waals surface area (Å²) in [6, 6.07) is 1.81. The number of fused-ring (bicyclic) bond motifs is 1. The van der Waals surface area contributed by atoms with Crippen molar-refractivity contribution in [3.05, 3.63) is 18.6 Å². The van der Waals surface area contributed by atoms with Crippen LogP contribution in [-0.4, -0.2) is 62.4 Å². The van der Waals surface area contributed by atoms with Gasteiger partial charge in [-0.1, -0.05) is 0 Å². The molecule has 118 valence electrons. The van der Waals surface area contributed by atoms with E-state index in [4.69, 9.17) is 4.74 Å². The lowest BCUT2D eigenvalue weighted by molar-refractivity contribution is 0.0240. The molecule has 0 unspecified atom stereocenters. The molecule has 0 bridgehead atoms. The number of aromatic nitrogens is 4. The predicted octanol–water partition coefficient (Wildman–Crippen LogP) is 1.18. The van der Waals surface area contributed by atoms with E-state index in [9.17, 15) is 4.79 Å². The van der Waals surface area contributed by atoms with E-state index in [1.165, 1.54) is 0 Å². The molecular weight excluding hydrogens is 284 g/mol. The highest BCUT2D eigenvalue weighted by Gasteiger charge is 2.27. The number of carbonyl (C=O) groups excluding carboxylic acids is 1. The van der Waals surface area contributed by atoms with Crippen LogP contribution in [0.15, 0.2) is 18.6 Å². The number of anilines is 1. The molecule has 1 amide bonds. The van der Waals surface area contributed by atoms with Gasteiger partial charge < -0.3 is 14.5 Å². The Balaban J connectivity index is 1.67. The molecule has 0 spiro atoms. The molecule has 0 aromatic carbocycles. The van der Waals surface area contributed by atoms with Gasteiger partial charge in [0.25, 0.3) is 0 Å². The lowest BCUT2D eigenvalue weighted by atomic mass is 10.2. The van der Waals surface area contributed by atoms with Crippen LogP contribution in [0.25, 0.3) is 5.65 Å². The van der Waals surface area contributed by atoms with Crippen LogP contribution in [0.5, 0.6) is 0 Å². The van der Waals surface area contributed by atoms with Crippen LogP contribution in [0, 0.1) is 0 Å². The third-order valence-electron chi connectivity index (χ3n) is 3.42. The molecule has 2 aromatic heterocycles. The van der Waals surface area contributed by atoms with Crippen LogP contribution in [0.1, 0.15) is 20.8 Å². The number of rotatable bonds is 1. The Morgan fingerprint density at radius 1 is 1.23 bits per heavy atom. The summed E-state index contributed by atoms with van der Waals surface area (Å²) in [6.07, 6.45) is 3.11. The second-order valence-corrected chi connectivity index (χ2v) is 6.26. The van der Waals surface area contributed by atoms with Gasteiger partial charge >= 0.3 is 6.09 Å². The SMILES string of the molecule is CC(C)(C)OC(=O)N1CCN(c2nccc3nncn23)CC1. The number of ether oxygens (including phenoxy) is 1. The highest BCUT2D eigenvalue weighted by Crippen LogP contribution is 2.16. The molecule has 1 fully saturated rings. The van der Waals surface area contributed by atoms with Crippen LogP contribution in [0.2, 0.25) is 0 Å². The van der Waals surface area contributed by atoms with E-state index in [1.54, 1.807) is 17.4 Å². The number of piperazine rings is 1. The fourth-order valence-electron chi connectivity index (χ4n) is 2.39. The minimum Gasteiger partial charge on any atom is -0.444 e. The maximum Gasteiger partial charge on any atom is 0.410 e. The Hall–Kier alpha value is -2.38. The number of nitrogens with zero attached hydrogens (tertiary/aromatic N) is 6. The summed E-state index contributed by atoms with van der Waals surface area (Å²) < 4.78 is 7.25. The van der Waals surface area contributed by atoms with Gasteiger partial charge in [-0.25, -0.2) is 9.78 Å². The fraction of sp³-hybridized carbons (Fsp3) is 0.571. The van der Waals surface area contributed by atoms with Crippen LogP contribution in [-0.2, 0) is 4.74 Å². The Bertz CT molecular complexity index is 669. The average molecular weight is 304 g/mol. The van der Waals surface area contributed by atoms with Crippen molar-refractivity contribution in [2.45, 2.75) is 26.4 Å². The summed E-state index contributed by atoms with van der Waals surface area (Å²) >= 11 is 0. The van der Waals surface area contributed by atoms with Crippen LogP contribution < -0.4 is 4.90 Å². The highest BCUT2D eigenvalue weighted by molar-refractivity contribution is 5.68. The molecule has 0 aliphatic carbocycles. The Morgan fingerprint density at radius 2 is 1.95 bits per heavy atom. The molecular formula is C14H20N6O2. The first kappa shape index (κ1) is 14.6. The number of hydrogen-bond donors (Lipinski definition) is 0. The van der Waals surface area contributed by atoms with Gasteiger partial charge in [0.15, 0.2) is 5.65 Å². The maximum absolute atomic E-state index is 12.1. The molecule has 8 nitrogen and oxygen atoms in total. The van der Waals surface area contributed by atoms with Gasteiger partial charge in [0.2, 0.25) is 5.95 Å². The molecule has 1 saturated heterocycles. The average Bonchev–Trinajstić information content (AvgIpc) is 2.94. The second-order valence-electron chi connectivity index (χ2n) is 6.26. The van der Waals surface area contributed by atoms with E-state index in [1.807, 2.05) is 31.2 Å². The minimum absolute atomic E-state index is 0.261. The monoisotopic (exact) mass is 304 g/mol. The molecule has 0 N–H and O–H groups in total. The minimum atomic E-state index is -0.468. The molecule has 1 aliphatic rings. The van der Waals surface area contributed by atoms with Crippen molar-refractivity contribution in [1.29, 1.82) is 0 Å². The zero-order valence-corrected chi connectivity index (χ0v) is 13.1. The summed E-state index contributed by atoms with van der Waals surface area (Å²) in [5, 5.41) is 7.92. The smallest absolute Gasteiger partial charge is 0.410 e. The number of carbonyl (C=O) groups is 1. The lowest BCUT2D eigenvalue weighted by Gasteiger charge is -2.36. The number of hydrogen-bond acceptors (Lipinski definition) is 6. The van der Waals surface area contributed by atoms with Crippen molar-refractivity contribution in [1.82, 2.24) is 24.5 Å². The van der Waals surface area contributed by atoms with Gasteiger partial charge in [0, 0.05) is 38.4 Å². The molecule has 1 aliphatic heterocycles. The summed E-state index contributed by atoms with van der Waals surface area (Å²) in [6.45, 7) is 8.23. The van der Waals surface area contributed by atoms with Crippen molar-refractivity contribution < 1.29 is 9.53 Å². The van der Waals surface area contributed by atoms with E-state index >= 15 is 0 Å². The van der Waals surface area contributed by atoms with Crippen LogP contribution in [0.3, 0.4) is 0 Å². The van der Waals surface area contributed by atoms with Crippen molar-refractivity contribution >= 4 is 17.7 Å². The first-order valence-electron chi connectivity index (χ1n) is 7.32. The summed E-state index contributed by atoms with van der Waals surface area (Å²) in [5.41, 5.74) is 0.295. The zero-order valence-electron chi connectivity index (χ0n) is 13.1. The molecule has 0 atom stereocenters. The van der Waals surface area contributed by atoms with E-state index in [2.05, 4.69) is 20.1 Å². The van der Waals surface area contributed by atoms with E-state index in [-0.39, 0.29) is 6.09 Å². The molecule has 8 heteroatoms. The van der Waals surface area contributed by atoms with Crippen molar-refractivity contribution in [2.24, 2.45) is 0 Å². The molecule has 3 rings (SSSR count). The molecule has 3 heterocycles. The Labute approximate surface area is 128 Å². The third-order valence-corrected chi connectivity index (χ3v) is 3.42. The topological polar surface area (TPSA) is 75.9 Å². The van der Waals surface area contributed by atoms with Crippen molar-refractivity contribution in [3.8, 4) is 0 Å². The Kier molecular flexibility index (Phi) is 3.59. The largest absolute Gasteiger partial charge is 0.444 e. The van der Waals surface area contributed by atoms with Gasteiger partial charge in [0.1, 0.15) is 11.9 Å². The second kappa shape index (κ2) is 5.43. The normalized spacial score (nSPS) is 16.1. The van der Waals surface area contributed by atoms with Crippen molar-refractivity contribution in [3.63, 3.8) is 0 Å². The summed E-state index contributed by atoms with van der Waals surface area (Å²) in [4.78, 5) is 20.3. The standard InChI is InChI=1S/C14H20N6O2/c1-14(2,3)22-13(21)19-8-6-18(7-9-19)12-15-5-4-11-17-16-10-20(11)12/h4-5,10H,6-9H2,1-3H3. The van der Waals surface area contributed by atoms with E-state index in [0.29, 0.717) is 26.2 Å². The molecule has 22 heavy (non-hydrogen) atoms. The predicted molar refractivity (Wildman–Crippen MR) is 80.8 cm³/mol.